The van der Waals surface area contributed by atoms with Gasteiger partial charge in [-0.05, 0) is 19.1 Å². The summed E-state index contributed by atoms with van der Waals surface area (Å²) < 4.78 is 34.9. The van der Waals surface area contributed by atoms with Crippen molar-refractivity contribution in [2.45, 2.75) is 13.1 Å². The minimum Gasteiger partial charge on any atom is -0.375 e. The van der Waals surface area contributed by atoms with Gasteiger partial charge in [0.05, 0.1) is 0 Å². The van der Waals surface area contributed by atoms with E-state index in [9.17, 15) is 13.2 Å². The molecule has 0 saturated carbocycles. The van der Waals surface area contributed by atoms with Crippen molar-refractivity contribution in [1.29, 1.82) is 0 Å². The lowest BCUT2D eigenvalue weighted by molar-refractivity contribution is -0.0595. The average molecular weight is 185 g/mol. The van der Waals surface area contributed by atoms with E-state index in [0.717, 1.165) is 6.92 Å². The molecule has 0 aliphatic carbocycles. The van der Waals surface area contributed by atoms with Gasteiger partial charge in [-0.1, -0.05) is 0 Å². The van der Waals surface area contributed by atoms with Gasteiger partial charge in [-0.3, -0.25) is 5.43 Å². The molecule has 0 fully saturated rings. The van der Waals surface area contributed by atoms with Crippen LogP contribution < -0.4 is 11.2 Å². The largest absolute Gasteiger partial charge is 0.430 e. The number of hydrazone groups is 1. The quantitative estimate of drug-likeness (QED) is 0.360. The maximum absolute atomic E-state index is 11.6. The predicted octanol–water partition coefficient (Wildman–Crippen LogP) is 0.758. The monoisotopic (exact) mass is 185 g/mol. The second-order valence-electron chi connectivity index (χ2n) is 1.67. The molecular formula is C4H6F3N3S. The lowest BCUT2D eigenvalue weighted by atomic mass is 10.4. The van der Waals surface area contributed by atoms with Gasteiger partial charge in [-0.25, -0.2) is 0 Å². The number of nitrogens with two attached hydrogens (primary N) is 1. The zero-order valence-electron chi connectivity index (χ0n) is 5.57. The van der Waals surface area contributed by atoms with Crippen molar-refractivity contribution >= 4 is 23.0 Å². The molecule has 0 unspecified atom stereocenters. The number of hydrogen-bond acceptors (Lipinski definition) is 2. The smallest absolute Gasteiger partial charge is 0.375 e. The molecule has 0 amide bonds. The third-order valence-corrected chi connectivity index (χ3v) is 0.835. The van der Waals surface area contributed by atoms with Crippen LogP contribution in [0.3, 0.4) is 0 Å². The fraction of sp³-hybridized carbons (Fsp3) is 0.500. The highest BCUT2D eigenvalue weighted by atomic mass is 32.1. The summed E-state index contributed by atoms with van der Waals surface area (Å²) in [6.07, 6.45) is -4.43. The molecular weight excluding hydrogens is 179 g/mol. The van der Waals surface area contributed by atoms with Gasteiger partial charge in [0.15, 0.2) is 5.11 Å². The molecule has 0 heterocycles. The summed E-state index contributed by atoms with van der Waals surface area (Å²) in [5.74, 6) is 0. The van der Waals surface area contributed by atoms with E-state index in [1.54, 1.807) is 0 Å². The molecule has 7 heteroatoms. The van der Waals surface area contributed by atoms with E-state index in [4.69, 9.17) is 5.73 Å². The zero-order chi connectivity index (χ0) is 9.07. The summed E-state index contributed by atoms with van der Waals surface area (Å²) >= 11 is 4.23. The highest BCUT2D eigenvalue weighted by molar-refractivity contribution is 7.80. The fourth-order valence-corrected chi connectivity index (χ4v) is 0.248. The van der Waals surface area contributed by atoms with Gasteiger partial charge in [0.1, 0.15) is 5.71 Å². The highest BCUT2D eigenvalue weighted by Crippen LogP contribution is 2.15. The lowest BCUT2D eigenvalue weighted by Crippen LogP contribution is -2.29. The van der Waals surface area contributed by atoms with E-state index in [-0.39, 0.29) is 5.11 Å². The molecule has 0 aromatic carbocycles. The minimum absolute atomic E-state index is 0.298. The number of rotatable bonds is 1. The van der Waals surface area contributed by atoms with Crippen molar-refractivity contribution in [3.8, 4) is 0 Å². The fourth-order valence-electron chi connectivity index (χ4n) is 0.202. The van der Waals surface area contributed by atoms with Crippen LogP contribution in [0, 0.1) is 0 Å². The third kappa shape index (κ3) is 4.54. The Morgan fingerprint density at radius 1 is 1.55 bits per heavy atom. The predicted molar refractivity (Wildman–Crippen MR) is 39.1 cm³/mol. The molecule has 3 nitrogen and oxygen atoms in total. The van der Waals surface area contributed by atoms with Gasteiger partial charge in [0, 0.05) is 0 Å². The first-order chi connectivity index (χ1) is 4.84. The van der Waals surface area contributed by atoms with Gasteiger partial charge in [0.25, 0.3) is 0 Å². The molecule has 0 bridgehead atoms. The maximum Gasteiger partial charge on any atom is 0.430 e. The normalized spacial score (nSPS) is 12.9. The van der Waals surface area contributed by atoms with Crippen LogP contribution in [0.5, 0.6) is 0 Å². The number of nitrogens with one attached hydrogen (secondary N) is 1. The number of nitrogens with zero attached hydrogens (tertiary/aromatic N) is 1. The molecule has 0 aromatic rings. The Morgan fingerprint density at radius 2 is 2.00 bits per heavy atom. The Hall–Kier alpha value is -0.850. The molecule has 0 aliphatic heterocycles. The van der Waals surface area contributed by atoms with Gasteiger partial charge in [0.2, 0.25) is 0 Å². The van der Waals surface area contributed by atoms with Gasteiger partial charge < -0.3 is 5.73 Å². The highest BCUT2D eigenvalue weighted by Gasteiger charge is 2.32. The minimum atomic E-state index is -4.43. The SMILES string of the molecule is CC(=NNC(N)=S)C(F)(F)F. The lowest BCUT2D eigenvalue weighted by Gasteiger charge is -2.04. The van der Waals surface area contributed by atoms with Crippen molar-refractivity contribution in [3.63, 3.8) is 0 Å². The summed E-state index contributed by atoms with van der Waals surface area (Å²) in [4.78, 5) is 0. The van der Waals surface area contributed by atoms with Crippen LogP contribution in [0.2, 0.25) is 0 Å². The Morgan fingerprint density at radius 3 is 2.27 bits per heavy atom. The summed E-state index contributed by atoms with van der Waals surface area (Å²) in [5, 5.41) is 2.57. The van der Waals surface area contributed by atoms with E-state index in [0.29, 0.717) is 0 Å². The molecule has 0 spiro atoms. The van der Waals surface area contributed by atoms with E-state index in [2.05, 4.69) is 17.3 Å². The van der Waals surface area contributed by atoms with Crippen LogP contribution in [0.4, 0.5) is 13.2 Å². The Kier molecular flexibility index (Phi) is 3.24. The Balaban J connectivity index is 4.12. The van der Waals surface area contributed by atoms with Crippen LogP contribution >= 0.6 is 12.2 Å². The summed E-state index contributed by atoms with van der Waals surface area (Å²) in [6.45, 7) is 0.811. The van der Waals surface area contributed by atoms with Gasteiger partial charge in [-0.15, -0.1) is 0 Å². The second kappa shape index (κ2) is 3.51. The van der Waals surface area contributed by atoms with E-state index < -0.39 is 11.9 Å². The summed E-state index contributed by atoms with van der Waals surface area (Å²) in [6, 6.07) is 0. The van der Waals surface area contributed by atoms with Crippen molar-refractivity contribution in [1.82, 2.24) is 5.43 Å². The zero-order valence-corrected chi connectivity index (χ0v) is 6.38. The third-order valence-electron chi connectivity index (χ3n) is 0.744. The molecule has 0 rings (SSSR count). The summed E-state index contributed by atoms with van der Waals surface area (Å²) in [7, 11) is 0. The van der Waals surface area contributed by atoms with Crippen LogP contribution in [0.15, 0.2) is 5.10 Å². The van der Waals surface area contributed by atoms with Crippen molar-refractivity contribution in [2.24, 2.45) is 10.8 Å². The van der Waals surface area contributed by atoms with Crippen molar-refractivity contribution in [3.05, 3.63) is 0 Å². The Labute approximate surface area is 66.4 Å². The number of thiocarbonyl (C=S) groups is 1. The van der Waals surface area contributed by atoms with Gasteiger partial charge in [-0.2, -0.15) is 18.3 Å². The van der Waals surface area contributed by atoms with Gasteiger partial charge >= 0.3 is 6.18 Å². The number of halogens is 3. The Bertz CT molecular complexity index is 186. The molecule has 0 aromatic heterocycles. The van der Waals surface area contributed by atoms with E-state index >= 15 is 0 Å². The molecule has 0 radical (unpaired) electrons. The molecule has 0 atom stereocenters. The molecule has 3 N–H and O–H groups in total. The number of alkyl halides is 3. The topological polar surface area (TPSA) is 50.4 Å². The molecule has 11 heavy (non-hydrogen) atoms. The van der Waals surface area contributed by atoms with Crippen molar-refractivity contribution in [2.75, 3.05) is 0 Å². The maximum atomic E-state index is 11.6. The molecule has 0 saturated heterocycles. The summed E-state index contributed by atoms with van der Waals surface area (Å²) in [5.41, 5.74) is 5.64. The van der Waals surface area contributed by atoms with Crippen molar-refractivity contribution < 1.29 is 13.2 Å². The average Bonchev–Trinajstić information content (AvgIpc) is 1.80. The van der Waals surface area contributed by atoms with Crippen LogP contribution in [0.25, 0.3) is 0 Å². The first kappa shape index (κ1) is 10.2. The van der Waals surface area contributed by atoms with Crippen LogP contribution in [0.1, 0.15) is 6.92 Å². The molecule has 64 valence electrons. The van der Waals surface area contributed by atoms with E-state index in [1.165, 1.54) is 0 Å². The van der Waals surface area contributed by atoms with E-state index in [1.807, 2.05) is 5.43 Å². The first-order valence-electron chi connectivity index (χ1n) is 2.51. The standard InChI is InChI=1S/C4H6F3N3S/c1-2(4(5,6)7)9-10-3(8)11/h1H3,(H3,8,10,11). The van der Waals surface area contributed by atoms with Crippen LogP contribution in [-0.2, 0) is 0 Å². The first-order valence-corrected chi connectivity index (χ1v) is 2.92. The number of hydrogen-bond donors (Lipinski definition) is 2. The second-order valence-corrected chi connectivity index (χ2v) is 2.11. The van der Waals surface area contributed by atoms with Crippen LogP contribution in [-0.4, -0.2) is 17.0 Å². The molecule has 0 aliphatic rings.